The Kier molecular flexibility index (Phi) is 7.96. The second-order valence-corrected chi connectivity index (χ2v) is 3.01. The summed E-state index contributed by atoms with van der Waals surface area (Å²) >= 11 is 0. The van der Waals surface area contributed by atoms with Crippen LogP contribution in [0.15, 0.2) is 0 Å². The van der Waals surface area contributed by atoms with Gasteiger partial charge in [0, 0.05) is 0 Å². The average molecular weight is 158 g/mol. The van der Waals surface area contributed by atoms with Gasteiger partial charge in [-0.2, -0.15) is 0 Å². The van der Waals surface area contributed by atoms with Crippen LogP contribution in [0.25, 0.3) is 0 Å². The third-order valence-corrected chi connectivity index (χ3v) is 1.83. The lowest BCUT2D eigenvalue weighted by Crippen LogP contribution is -2.36. The Balaban J connectivity index is 2.97. The number of rotatable bonds is 7. The highest BCUT2D eigenvalue weighted by molar-refractivity contribution is 4.56. The zero-order chi connectivity index (χ0) is 8.53. The fourth-order valence-electron chi connectivity index (χ4n) is 1.16. The summed E-state index contributed by atoms with van der Waals surface area (Å²) in [7, 11) is 0. The van der Waals surface area contributed by atoms with Crippen LogP contribution in [0.2, 0.25) is 0 Å². The van der Waals surface area contributed by atoms with Gasteiger partial charge in [-0.3, -0.25) is 0 Å². The third-order valence-electron chi connectivity index (χ3n) is 1.83. The van der Waals surface area contributed by atoms with Gasteiger partial charge in [0.25, 0.3) is 0 Å². The first kappa shape index (κ1) is 10.9. The molecule has 1 unspecified atom stereocenters. The van der Waals surface area contributed by atoms with Crippen LogP contribution >= 0.6 is 0 Å². The molecule has 0 saturated heterocycles. The van der Waals surface area contributed by atoms with E-state index in [1.165, 1.54) is 25.7 Å². The standard InChI is InChI=1S/C9H22N2/c1-3-5-6-7-8-9(10)11-4-2/h9,11H,3-8,10H2,1-2H3. The van der Waals surface area contributed by atoms with E-state index in [9.17, 15) is 0 Å². The molecule has 0 radical (unpaired) electrons. The van der Waals surface area contributed by atoms with Crippen molar-refractivity contribution in [3.8, 4) is 0 Å². The van der Waals surface area contributed by atoms with Crippen molar-refractivity contribution < 1.29 is 0 Å². The maximum atomic E-state index is 5.76. The molecule has 2 nitrogen and oxygen atoms in total. The molecule has 0 amide bonds. The van der Waals surface area contributed by atoms with Gasteiger partial charge in [-0.05, 0) is 13.0 Å². The zero-order valence-corrected chi connectivity index (χ0v) is 7.90. The van der Waals surface area contributed by atoms with Gasteiger partial charge in [0.05, 0.1) is 6.17 Å². The highest BCUT2D eigenvalue weighted by Crippen LogP contribution is 2.02. The first-order chi connectivity index (χ1) is 5.31. The summed E-state index contributed by atoms with van der Waals surface area (Å²) in [6.45, 7) is 5.30. The van der Waals surface area contributed by atoms with E-state index in [4.69, 9.17) is 5.73 Å². The molecule has 2 heteroatoms. The Morgan fingerprint density at radius 1 is 1.18 bits per heavy atom. The summed E-state index contributed by atoms with van der Waals surface area (Å²) in [4.78, 5) is 0. The van der Waals surface area contributed by atoms with Crippen LogP contribution in [-0.2, 0) is 0 Å². The summed E-state index contributed by atoms with van der Waals surface area (Å²) in [6.07, 6.45) is 6.58. The van der Waals surface area contributed by atoms with Crippen LogP contribution in [0.5, 0.6) is 0 Å². The maximum Gasteiger partial charge on any atom is 0.0546 e. The molecule has 0 bridgehead atoms. The summed E-state index contributed by atoms with van der Waals surface area (Å²) in [6, 6.07) is 0. The molecule has 3 N–H and O–H groups in total. The van der Waals surface area contributed by atoms with Gasteiger partial charge in [0.1, 0.15) is 0 Å². The Bertz CT molecular complexity index is 74.0. The number of hydrogen-bond acceptors (Lipinski definition) is 2. The van der Waals surface area contributed by atoms with E-state index >= 15 is 0 Å². The minimum absolute atomic E-state index is 0.219. The second kappa shape index (κ2) is 8.02. The number of nitrogens with one attached hydrogen (secondary N) is 1. The van der Waals surface area contributed by atoms with E-state index in [-0.39, 0.29) is 6.17 Å². The minimum Gasteiger partial charge on any atom is -0.316 e. The third kappa shape index (κ3) is 7.82. The number of hydrogen-bond donors (Lipinski definition) is 2. The minimum atomic E-state index is 0.219. The van der Waals surface area contributed by atoms with Crippen LogP contribution in [-0.4, -0.2) is 12.7 Å². The predicted molar refractivity (Wildman–Crippen MR) is 50.4 cm³/mol. The normalized spacial score (nSPS) is 13.4. The molecule has 0 saturated carbocycles. The Hall–Kier alpha value is -0.0800. The van der Waals surface area contributed by atoms with Gasteiger partial charge in [0.15, 0.2) is 0 Å². The summed E-state index contributed by atoms with van der Waals surface area (Å²) < 4.78 is 0. The molecule has 1 atom stereocenters. The lowest BCUT2D eigenvalue weighted by Gasteiger charge is -2.11. The van der Waals surface area contributed by atoms with E-state index in [2.05, 4.69) is 19.2 Å². The molecule has 0 aliphatic heterocycles. The topological polar surface area (TPSA) is 38.0 Å². The maximum absolute atomic E-state index is 5.76. The average Bonchev–Trinajstić information content (AvgIpc) is 1.99. The van der Waals surface area contributed by atoms with E-state index in [0.29, 0.717) is 0 Å². The van der Waals surface area contributed by atoms with Gasteiger partial charge in [-0.15, -0.1) is 0 Å². The van der Waals surface area contributed by atoms with Crippen molar-refractivity contribution in [2.24, 2.45) is 5.73 Å². The molecule has 68 valence electrons. The number of unbranched alkanes of at least 4 members (excludes halogenated alkanes) is 3. The highest BCUT2D eigenvalue weighted by atomic mass is 15.0. The van der Waals surface area contributed by atoms with E-state index in [1.54, 1.807) is 0 Å². The molecule has 11 heavy (non-hydrogen) atoms. The summed E-state index contributed by atoms with van der Waals surface area (Å²) in [5, 5.41) is 3.20. The summed E-state index contributed by atoms with van der Waals surface area (Å²) in [5.74, 6) is 0. The Morgan fingerprint density at radius 2 is 1.91 bits per heavy atom. The fourth-order valence-corrected chi connectivity index (χ4v) is 1.16. The summed E-state index contributed by atoms with van der Waals surface area (Å²) in [5.41, 5.74) is 5.76. The Labute approximate surface area is 70.5 Å². The van der Waals surface area contributed by atoms with Gasteiger partial charge in [-0.25, -0.2) is 0 Å². The molecule has 0 aliphatic rings. The van der Waals surface area contributed by atoms with Crippen LogP contribution in [0.3, 0.4) is 0 Å². The molecule has 0 rings (SSSR count). The van der Waals surface area contributed by atoms with Crippen LogP contribution < -0.4 is 11.1 Å². The first-order valence-electron chi connectivity index (χ1n) is 4.80. The van der Waals surface area contributed by atoms with Crippen LogP contribution in [0, 0.1) is 0 Å². The highest BCUT2D eigenvalue weighted by Gasteiger charge is 1.97. The van der Waals surface area contributed by atoms with Crippen molar-refractivity contribution in [2.75, 3.05) is 6.54 Å². The largest absolute Gasteiger partial charge is 0.316 e. The molecule has 0 aromatic carbocycles. The monoisotopic (exact) mass is 158 g/mol. The molecule has 0 fully saturated rings. The van der Waals surface area contributed by atoms with Crippen molar-refractivity contribution in [1.29, 1.82) is 0 Å². The lowest BCUT2D eigenvalue weighted by molar-refractivity contribution is 0.478. The van der Waals surface area contributed by atoms with Crippen molar-refractivity contribution in [3.63, 3.8) is 0 Å². The second-order valence-electron chi connectivity index (χ2n) is 3.01. The van der Waals surface area contributed by atoms with Crippen LogP contribution in [0.1, 0.15) is 46.0 Å². The van der Waals surface area contributed by atoms with Crippen molar-refractivity contribution in [3.05, 3.63) is 0 Å². The van der Waals surface area contributed by atoms with E-state index < -0.39 is 0 Å². The molecule has 0 aromatic rings. The van der Waals surface area contributed by atoms with E-state index in [0.717, 1.165) is 13.0 Å². The predicted octanol–water partition coefficient (Wildman–Crippen LogP) is 1.85. The fraction of sp³-hybridized carbons (Fsp3) is 1.00. The molecular weight excluding hydrogens is 136 g/mol. The molecular formula is C9H22N2. The van der Waals surface area contributed by atoms with Crippen LogP contribution in [0.4, 0.5) is 0 Å². The SMILES string of the molecule is CCCCCCC(N)NCC. The molecule has 0 aromatic heterocycles. The van der Waals surface area contributed by atoms with Gasteiger partial charge >= 0.3 is 0 Å². The first-order valence-corrected chi connectivity index (χ1v) is 4.80. The molecule has 0 heterocycles. The van der Waals surface area contributed by atoms with Crippen molar-refractivity contribution in [2.45, 2.75) is 52.1 Å². The van der Waals surface area contributed by atoms with Crippen molar-refractivity contribution >= 4 is 0 Å². The smallest absolute Gasteiger partial charge is 0.0546 e. The number of nitrogens with two attached hydrogens (primary N) is 1. The van der Waals surface area contributed by atoms with Gasteiger partial charge < -0.3 is 11.1 Å². The van der Waals surface area contributed by atoms with Crippen molar-refractivity contribution in [1.82, 2.24) is 5.32 Å². The Morgan fingerprint density at radius 3 is 2.45 bits per heavy atom. The van der Waals surface area contributed by atoms with Gasteiger partial charge in [-0.1, -0.05) is 39.5 Å². The zero-order valence-electron chi connectivity index (χ0n) is 7.90. The quantitative estimate of drug-likeness (QED) is 0.438. The molecule has 0 aliphatic carbocycles. The molecule has 0 spiro atoms. The van der Waals surface area contributed by atoms with E-state index in [1.807, 2.05) is 0 Å². The lowest BCUT2D eigenvalue weighted by atomic mass is 10.1. The van der Waals surface area contributed by atoms with Gasteiger partial charge in [0.2, 0.25) is 0 Å².